The van der Waals surface area contributed by atoms with Crippen molar-refractivity contribution in [1.82, 2.24) is 4.90 Å². The van der Waals surface area contributed by atoms with E-state index in [4.69, 9.17) is 0 Å². The Balaban J connectivity index is 2.12. The third-order valence-corrected chi connectivity index (χ3v) is 3.85. The fourth-order valence-electron chi connectivity index (χ4n) is 2.65. The maximum absolute atomic E-state index is 3.60. The molecule has 0 aliphatic rings. The van der Waals surface area contributed by atoms with Gasteiger partial charge in [-0.3, -0.25) is 0 Å². The van der Waals surface area contributed by atoms with Crippen molar-refractivity contribution in [1.29, 1.82) is 0 Å². The lowest BCUT2D eigenvalue weighted by molar-refractivity contribution is 0.403. The predicted octanol–water partition coefficient (Wildman–Crippen LogP) is 5.30. The van der Waals surface area contributed by atoms with Crippen LogP contribution in [0.5, 0.6) is 0 Å². The fraction of sp³-hybridized carbons (Fsp3) is 0.684. The minimum absolute atomic E-state index is 1.00. The standard InChI is InChI=1S/C19H34N2/c1-4-5-6-7-8-9-10-13-16-20-19-15-12-11-14-18(19)17-21(2)3/h11-12,14-15,20H,4-10,13,16-17H2,1-3H3. The highest BCUT2D eigenvalue weighted by atomic mass is 15.1. The zero-order chi connectivity index (χ0) is 15.3. The van der Waals surface area contributed by atoms with E-state index in [0.29, 0.717) is 0 Å². The first-order chi connectivity index (χ1) is 10.2. The Labute approximate surface area is 131 Å². The van der Waals surface area contributed by atoms with Gasteiger partial charge in [0.05, 0.1) is 0 Å². The first kappa shape index (κ1) is 18.0. The molecule has 0 spiro atoms. The van der Waals surface area contributed by atoms with Crippen LogP contribution in [-0.2, 0) is 6.54 Å². The van der Waals surface area contributed by atoms with Gasteiger partial charge in [-0.1, -0.05) is 70.1 Å². The summed E-state index contributed by atoms with van der Waals surface area (Å²) in [7, 11) is 4.24. The van der Waals surface area contributed by atoms with Gasteiger partial charge in [-0.2, -0.15) is 0 Å². The highest BCUT2D eigenvalue weighted by Gasteiger charge is 2.02. The van der Waals surface area contributed by atoms with Gasteiger partial charge in [-0.25, -0.2) is 0 Å². The number of benzene rings is 1. The molecule has 0 atom stereocenters. The van der Waals surface area contributed by atoms with Gasteiger partial charge in [0.2, 0.25) is 0 Å². The average molecular weight is 290 g/mol. The van der Waals surface area contributed by atoms with Crippen LogP contribution >= 0.6 is 0 Å². The monoisotopic (exact) mass is 290 g/mol. The van der Waals surface area contributed by atoms with Crippen LogP contribution in [0, 0.1) is 0 Å². The van der Waals surface area contributed by atoms with Crippen LogP contribution in [0.15, 0.2) is 24.3 Å². The quantitative estimate of drug-likeness (QED) is 0.525. The molecule has 0 bridgehead atoms. The van der Waals surface area contributed by atoms with E-state index in [1.807, 2.05) is 0 Å². The summed E-state index contributed by atoms with van der Waals surface area (Å²) in [5.41, 5.74) is 2.69. The molecule has 0 aromatic heterocycles. The molecular weight excluding hydrogens is 256 g/mol. The molecule has 21 heavy (non-hydrogen) atoms. The van der Waals surface area contributed by atoms with Crippen LogP contribution in [-0.4, -0.2) is 25.5 Å². The van der Waals surface area contributed by atoms with Crippen molar-refractivity contribution in [2.24, 2.45) is 0 Å². The Morgan fingerprint density at radius 3 is 2.14 bits per heavy atom. The van der Waals surface area contributed by atoms with Gasteiger partial charge in [0.15, 0.2) is 0 Å². The molecule has 2 heteroatoms. The zero-order valence-corrected chi connectivity index (χ0v) is 14.3. The van der Waals surface area contributed by atoms with E-state index in [-0.39, 0.29) is 0 Å². The van der Waals surface area contributed by atoms with Crippen molar-refractivity contribution in [3.05, 3.63) is 29.8 Å². The van der Waals surface area contributed by atoms with Crippen molar-refractivity contribution in [3.63, 3.8) is 0 Å². The second kappa shape index (κ2) is 11.6. The molecule has 1 aromatic carbocycles. The number of rotatable bonds is 12. The topological polar surface area (TPSA) is 15.3 Å². The summed E-state index contributed by atoms with van der Waals surface area (Å²) < 4.78 is 0. The van der Waals surface area contributed by atoms with Gasteiger partial charge < -0.3 is 10.2 Å². The predicted molar refractivity (Wildman–Crippen MR) is 94.9 cm³/mol. The van der Waals surface area contributed by atoms with Crippen molar-refractivity contribution in [2.75, 3.05) is 26.0 Å². The largest absolute Gasteiger partial charge is 0.385 e. The third kappa shape index (κ3) is 8.77. The average Bonchev–Trinajstić information content (AvgIpc) is 2.46. The molecule has 0 saturated heterocycles. The van der Waals surface area contributed by atoms with Gasteiger partial charge in [0.25, 0.3) is 0 Å². The number of nitrogens with one attached hydrogen (secondary N) is 1. The molecule has 120 valence electrons. The maximum atomic E-state index is 3.60. The molecule has 0 aliphatic carbocycles. The first-order valence-corrected chi connectivity index (χ1v) is 8.70. The van der Waals surface area contributed by atoms with E-state index in [1.54, 1.807) is 0 Å². The summed E-state index contributed by atoms with van der Waals surface area (Å²) in [5.74, 6) is 0. The van der Waals surface area contributed by atoms with Gasteiger partial charge in [0, 0.05) is 18.8 Å². The Kier molecular flexibility index (Phi) is 9.98. The second-order valence-corrected chi connectivity index (χ2v) is 6.30. The molecule has 0 saturated carbocycles. The molecule has 0 amide bonds. The molecule has 0 radical (unpaired) electrons. The molecule has 0 aliphatic heterocycles. The molecule has 0 unspecified atom stereocenters. The summed E-state index contributed by atoms with van der Waals surface area (Å²) >= 11 is 0. The third-order valence-electron chi connectivity index (χ3n) is 3.85. The maximum Gasteiger partial charge on any atom is 0.0385 e. The minimum Gasteiger partial charge on any atom is -0.385 e. The van der Waals surface area contributed by atoms with Crippen LogP contribution < -0.4 is 5.32 Å². The highest BCUT2D eigenvalue weighted by molar-refractivity contribution is 5.50. The number of anilines is 1. The summed E-state index contributed by atoms with van der Waals surface area (Å²) in [6, 6.07) is 8.66. The Morgan fingerprint density at radius 1 is 0.857 bits per heavy atom. The Bertz CT molecular complexity index is 360. The summed E-state index contributed by atoms with van der Waals surface area (Å²) in [5, 5.41) is 3.60. The van der Waals surface area contributed by atoms with E-state index >= 15 is 0 Å². The highest BCUT2D eigenvalue weighted by Crippen LogP contribution is 2.16. The lowest BCUT2D eigenvalue weighted by atomic mass is 10.1. The fourth-order valence-corrected chi connectivity index (χ4v) is 2.65. The minimum atomic E-state index is 1.00. The summed E-state index contributed by atoms with van der Waals surface area (Å²) in [4.78, 5) is 2.22. The van der Waals surface area contributed by atoms with E-state index in [1.165, 1.54) is 62.6 Å². The van der Waals surface area contributed by atoms with Crippen LogP contribution in [0.2, 0.25) is 0 Å². The van der Waals surface area contributed by atoms with Gasteiger partial charge in [-0.15, -0.1) is 0 Å². The van der Waals surface area contributed by atoms with Gasteiger partial charge in [0.1, 0.15) is 0 Å². The molecule has 1 aromatic rings. The normalized spacial score (nSPS) is 11.0. The van der Waals surface area contributed by atoms with Gasteiger partial charge >= 0.3 is 0 Å². The molecule has 2 nitrogen and oxygen atoms in total. The summed E-state index contributed by atoms with van der Waals surface area (Å²) in [6.45, 7) is 4.37. The molecule has 1 rings (SSSR count). The Hall–Kier alpha value is -1.02. The number of nitrogens with zero attached hydrogens (tertiary/aromatic N) is 1. The number of hydrogen-bond acceptors (Lipinski definition) is 2. The van der Waals surface area contributed by atoms with Crippen LogP contribution in [0.4, 0.5) is 5.69 Å². The molecule has 1 N–H and O–H groups in total. The van der Waals surface area contributed by atoms with Crippen LogP contribution in [0.1, 0.15) is 63.9 Å². The van der Waals surface area contributed by atoms with Crippen LogP contribution in [0.3, 0.4) is 0 Å². The number of para-hydroxylation sites is 1. The number of hydrogen-bond donors (Lipinski definition) is 1. The van der Waals surface area contributed by atoms with Crippen LogP contribution in [0.25, 0.3) is 0 Å². The van der Waals surface area contributed by atoms with Crippen molar-refractivity contribution >= 4 is 5.69 Å². The molecule has 0 heterocycles. The lowest BCUT2D eigenvalue weighted by Crippen LogP contribution is -2.13. The summed E-state index contributed by atoms with van der Waals surface area (Å²) in [6.07, 6.45) is 11.0. The first-order valence-electron chi connectivity index (χ1n) is 8.70. The zero-order valence-electron chi connectivity index (χ0n) is 14.3. The van der Waals surface area contributed by atoms with Crippen molar-refractivity contribution in [3.8, 4) is 0 Å². The van der Waals surface area contributed by atoms with Gasteiger partial charge in [-0.05, 0) is 32.1 Å². The Morgan fingerprint density at radius 2 is 1.48 bits per heavy atom. The number of unbranched alkanes of at least 4 members (excludes halogenated alkanes) is 7. The van der Waals surface area contributed by atoms with Crippen molar-refractivity contribution in [2.45, 2.75) is 64.8 Å². The van der Waals surface area contributed by atoms with E-state index in [9.17, 15) is 0 Å². The van der Waals surface area contributed by atoms with E-state index in [0.717, 1.165) is 13.1 Å². The SMILES string of the molecule is CCCCCCCCCCNc1ccccc1CN(C)C. The smallest absolute Gasteiger partial charge is 0.0385 e. The van der Waals surface area contributed by atoms with E-state index < -0.39 is 0 Å². The van der Waals surface area contributed by atoms with E-state index in [2.05, 4.69) is 55.5 Å². The van der Waals surface area contributed by atoms with Crippen molar-refractivity contribution < 1.29 is 0 Å². The molecule has 0 fully saturated rings. The lowest BCUT2D eigenvalue weighted by Gasteiger charge is -2.15. The molecular formula is C19H34N2. The second-order valence-electron chi connectivity index (χ2n) is 6.30.